The van der Waals surface area contributed by atoms with Crippen LogP contribution in [0.5, 0.6) is 5.75 Å². The topological polar surface area (TPSA) is 76.1 Å². The highest BCUT2D eigenvalue weighted by molar-refractivity contribution is 5.84. The number of carbonyl (C=O) groups is 2. The highest BCUT2D eigenvalue weighted by Gasteiger charge is 2.32. The Morgan fingerprint density at radius 1 is 1.45 bits per heavy atom. The summed E-state index contributed by atoms with van der Waals surface area (Å²) in [6, 6.07) is 4.68. The molecule has 108 valence electrons. The number of carbonyl (C=O) groups excluding carboxylic acids is 1. The zero-order valence-electron chi connectivity index (χ0n) is 10.6. The number of hydrogen-bond acceptors (Lipinski definition) is 4. The van der Waals surface area contributed by atoms with Crippen LogP contribution in [-0.2, 0) is 14.3 Å². The second-order valence-corrected chi connectivity index (χ2v) is 4.24. The van der Waals surface area contributed by atoms with Crippen LogP contribution in [0.1, 0.15) is 0 Å². The molecule has 1 aliphatic heterocycles. The van der Waals surface area contributed by atoms with Crippen molar-refractivity contribution in [3.63, 3.8) is 0 Å². The number of hydrogen-bond donors (Lipinski definition) is 1. The van der Waals surface area contributed by atoms with Crippen LogP contribution in [0, 0.1) is 5.82 Å². The van der Waals surface area contributed by atoms with E-state index in [9.17, 15) is 14.0 Å². The Labute approximate surface area is 114 Å². The van der Waals surface area contributed by atoms with Gasteiger partial charge >= 0.3 is 5.97 Å². The minimum absolute atomic E-state index is 0.0408. The van der Waals surface area contributed by atoms with Crippen LogP contribution in [0.4, 0.5) is 4.39 Å². The molecule has 1 saturated heterocycles. The van der Waals surface area contributed by atoms with Gasteiger partial charge in [-0.3, -0.25) is 4.79 Å². The molecule has 2 rings (SSSR count). The van der Waals surface area contributed by atoms with Gasteiger partial charge in [0.05, 0.1) is 13.2 Å². The molecular formula is C13H14FNO5. The minimum atomic E-state index is -1.14. The fourth-order valence-corrected chi connectivity index (χ4v) is 1.89. The monoisotopic (exact) mass is 283 g/mol. The summed E-state index contributed by atoms with van der Waals surface area (Å²) in [6.45, 7) is -0.0167. The summed E-state index contributed by atoms with van der Waals surface area (Å²) in [6.07, 6.45) is 0. The smallest absolute Gasteiger partial charge is 0.328 e. The number of ether oxygens (including phenoxy) is 2. The number of halogens is 1. The van der Waals surface area contributed by atoms with Gasteiger partial charge in [0.2, 0.25) is 0 Å². The number of benzene rings is 1. The first-order valence-corrected chi connectivity index (χ1v) is 6.07. The van der Waals surface area contributed by atoms with Crippen LogP contribution in [0.3, 0.4) is 0 Å². The Bertz CT molecular complexity index is 507. The highest BCUT2D eigenvalue weighted by Crippen LogP contribution is 2.16. The quantitative estimate of drug-likeness (QED) is 0.871. The van der Waals surface area contributed by atoms with Gasteiger partial charge in [-0.05, 0) is 12.1 Å². The molecule has 1 aliphatic rings. The Morgan fingerprint density at radius 3 is 2.90 bits per heavy atom. The van der Waals surface area contributed by atoms with Gasteiger partial charge in [-0.15, -0.1) is 0 Å². The molecule has 0 aliphatic carbocycles. The van der Waals surface area contributed by atoms with Crippen molar-refractivity contribution in [1.29, 1.82) is 0 Å². The maximum Gasteiger partial charge on any atom is 0.328 e. The second kappa shape index (κ2) is 6.33. The van der Waals surface area contributed by atoms with Gasteiger partial charge in [0.25, 0.3) is 5.91 Å². The molecule has 7 heteroatoms. The van der Waals surface area contributed by atoms with Crippen molar-refractivity contribution in [2.75, 3.05) is 26.4 Å². The van der Waals surface area contributed by atoms with E-state index in [1.807, 2.05) is 0 Å². The number of aliphatic carboxylic acids is 1. The van der Waals surface area contributed by atoms with Gasteiger partial charge in [0.15, 0.2) is 24.2 Å². The Hall–Kier alpha value is -2.15. The van der Waals surface area contributed by atoms with Gasteiger partial charge < -0.3 is 19.5 Å². The lowest BCUT2D eigenvalue weighted by molar-refractivity contribution is -0.159. The predicted octanol–water partition coefficient (Wildman–Crippen LogP) is 0.516. The van der Waals surface area contributed by atoms with Gasteiger partial charge in [-0.25, -0.2) is 9.18 Å². The third-order valence-electron chi connectivity index (χ3n) is 2.92. The summed E-state index contributed by atoms with van der Waals surface area (Å²) in [5.41, 5.74) is 0. The van der Waals surface area contributed by atoms with E-state index in [4.69, 9.17) is 14.6 Å². The third kappa shape index (κ3) is 3.24. The first-order valence-electron chi connectivity index (χ1n) is 6.07. The Morgan fingerprint density at radius 2 is 2.20 bits per heavy atom. The second-order valence-electron chi connectivity index (χ2n) is 4.24. The van der Waals surface area contributed by atoms with Crippen molar-refractivity contribution in [2.45, 2.75) is 6.04 Å². The lowest BCUT2D eigenvalue weighted by Gasteiger charge is -2.32. The van der Waals surface area contributed by atoms with E-state index in [0.29, 0.717) is 0 Å². The molecule has 1 atom stereocenters. The molecule has 1 aromatic rings. The molecule has 1 N–H and O–H groups in total. The molecule has 1 fully saturated rings. The molecule has 0 saturated carbocycles. The summed E-state index contributed by atoms with van der Waals surface area (Å²) in [5.74, 6) is -2.26. The SMILES string of the molecule is O=C(O)C1COCCN1C(=O)COc1ccccc1F. The normalized spacial score (nSPS) is 18.6. The maximum absolute atomic E-state index is 13.3. The summed E-state index contributed by atoms with van der Waals surface area (Å²) >= 11 is 0. The van der Waals surface area contributed by atoms with Crippen molar-refractivity contribution in [3.8, 4) is 5.75 Å². The molecular weight excluding hydrogens is 269 g/mol. The summed E-state index contributed by atoms with van der Waals surface area (Å²) in [5, 5.41) is 9.01. The number of amides is 1. The molecule has 1 aromatic carbocycles. The lowest BCUT2D eigenvalue weighted by atomic mass is 10.2. The highest BCUT2D eigenvalue weighted by atomic mass is 19.1. The van der Waals surface area contributed by atoms with Gasteiger partial charge in [-0.2, -0.15) is 0 Å². The fraction of sp³-hybridized carbons (Fsp3) is 0.385. The largest absolute Gasteiger partial charge is 0.481 e. The van der Waals surface area contributed by atoms with Crippen LogP contribution in [0.25, 0.3) is 0 Å². The zero-order chi connectivity index (χ0) is 14.5. The summed E-state index contributed by atoms with van der Waals surface area (Å²) in [7, 11) is 0. The molecule has 20 heavy (non-hydrogen) atoms. The van der Waals surface area contributed by atoms with Crippen LogP contribution in [0.15, 0.2) is 24.3 Å². The maximum atomic E-state index is 13.3. The minimum Gasteiger partial charge on any atom is -0.481 e. The number of carboxylic acid groups (broad SMARTS) is 1. The average Bonchev–Trinajstić information content (AvgIpc) is 2.46. The molecule has 1 amide bonds. The molecule has 6 nitrogen and oxygen atoms in total. The first-order chi connectivity index (χ1) is 9.59. The van der Waals surface area contributed by atoms with Crippen molar-refractivity contribution in [2.24, 2.45) is 0 Å². The van der Waals surface area contributed by atoms with Crippen molar-refractivity contribution in [1.82, 2.24) is 4.90 Å². The van der Waals surface area contributed by atoms with E-state index < -0.39 is 30.3 Å². The van der Waals surface area contributed by atoms with Crippen LogP contribution in [-0.4, -0.2) is 54.3 Å². The average molecular weight is 283 g/mol. The van der Waals surface area contributed by atoms with Crippen LogP contribution in [0.2, 0.25) is 0 Å². The Balaban J connectivity index is 1.97. The standard InChI is InChI=1S/C13H14FNO5/c14-9-3-1-2-4-11(9)20-8-12(16)15-5-6-19-7-10(15)13(17)18/h1-4,10H,5-8H2,(H,17,18). The van der Waals surface area contributed by atoms with E-state index in [1.165, 1.54) is 23.1 Å². The van der Waals surface area contributed by atoms with Crippen LogP contribution >= 0.6 is 0 Å². The number of carboxylic acids is 1. The van der Waals surface area contributed by atoms with Gasteiger partial charge in [0, 0.05) is 6.54 Å². The zero-order valence-corrected chi connectivity index (χ0v) is 10.6. The molecule has 0 aromatic heterocycles. The molecule has 0 spiro atoms. The van der Waals surface area contributed by atoms with Gasteiger partial charge in [-0.1, -0.05) is 12.1 Å². The van der Waals surface area contributed by atoms with E-state index in [0.717, 1.165) is 0 Å². The van der Waals surface area contributed by atoms with Crippen molar-refractivity contribution in [3.05, 3.63) is 30.1 Å². The van der Waals surface area contributed by atoms with Crippen molar-refractivity contribution < 1.29 is 28.6 Å². The fourth-order valence-electron chi connectivity index (χ4n) is 1.89. The Kier molecular flexibility index (Phi) is 4.52. The van der Waals surface area contributed by atoms with E-state index in [-0.39, 0.29) is 25.5 Å². The summed E-state index contributed by atoms with van der Waals surface area (Å²) < 4.78 is 23.4. The molecule has 0 bridgehead atoms. The first kappa shape index (κ1) is 14.3. The lowest BCUT2D eigenvalue weighted by Crippen LogP contribution is -2.53. The van der Waals surface area contributed by atoms with E-state index in [2.05, 4.69) is 0 Å². The molecule has 0 radical (unpaired) electrons. The van der Waals surface area contributed by atoms with E-state index in [1.54, 1.807) is 6.07 Å². The van der Waals surface area contributed by atoms with Crippen LogP contribution < -0.4 is 4.74 Å². The number of rotatable bonds is 4. The van der Waals surface area contributed by atoms with Gasteiger partial charge in [0.1, 0.15) is 0 Å². The van der Waals surface area contributed by atoms with Crippen molar-refractivity contribution >= 4 is 11.9 Å². The number of para-hydroxylation sites is 1. The van der Waals surface area contributed by atoms with E-state index >= 15 is 0 Å². The predicted molar refractivity (Wildman–Crippen MR) is 65.9 cm³/mol. The third-order valence-corrected chi connectivity index (χ3v) is 2.92. The molecule has 1 unspecified atom stereocenters. The molecule has 1 heterocycles. The summed E-state index contributed by atoms with van der Waals surface area (Å²) in [4.78, 5) is 24.2. The number of nitrogens with zero attached hydrogens (tertiary/aromatic N) is 1. The number of morpholine rings is 1.